The van der Waals surface area contributed by atoms with Crippen LogP contribution in [0.4, 0.5) is 5.69 Å². The van der Waals surface area contributed by atoms with Gasteiger partial charge in [-0.25, -0.2) is 0 Å². The lowest BCUT2D eigenvalue weighted by molar-refractivity contribution is 0.102. The van der Waals surface area contributed by atoms with E-state index >= 15 is 0 Å². The molecule has 140 valence electrons. The zero-order valence-corrected chi connectivity index (χ0v) is 14.1. The Morgan fingerprint density at radius 2 is 1.61 bits per heavy atom. The summed E-state index contributed by atoms with van der Waals surface area (Å²) in [4.78, 5) is 41.8. The maximum Gasteiger partial charge on any atom is 0.272 e. The molecule has 1 amide bonds. The van der Waals surface area contributed by atoms with E-state index in [1.165, 1.54) is 42.5 Å². The van der Waals surface area contributed by atoms with Crippen molar-refractivity contribution < 1.29 is 20.1 Å². The normalized spacial score (nSPS) is 11.0. The summed E-state index contributed by atoms with van der Waals surface area (Å²) in [6, 6.07) is 9.67. The van der Waals surface area contributed by atoms with Gasteiger partial charge in [0.25, 0.3) is 17.0 Å². The van der Waals surface area contributed by atoms with Gasteiger partial charge < -0.3 is 30.6 Å². The summed E-state index contributed by atoms with van der Waals surface area (Å²) in [6.07, 6.45) is 0. The number of carbonyl (C=O) groups excluding carboxylic acids is 1. The first-order chi connectivity index (χ1) is 13.3. The van der Waals surface area contributed by atoms with Crippen molar-refractivity contribution in [2.45, 2.75) is 0 Å². The van der Waals surface area contributed by atoms with E-state index in [0.29, 0.717) is 16.3 Å². The molecule has 2 heterocycles. The number of fused-ring (bicyclic) bond motifs is 2. The first kappa shape index (κ1) is 17.2. The third-order valence-electron chi connectivity index (χ3n) is 4.29. The van der Waals surface area contributed by atoms with E-state index in [2.05, 4.69) is 15.3 Å². The van der Waals surface area contributed by atoms with Gasteiger partial charge in [0, 0.05) is 11.5 Å². The van der Waals surface area contributed by atoms with Crippen LogP contribution in [0.25, 0.3) is 21.8 Å². The standard InChI is InChI=1S/C19H13N3O6/c23-10-3-1-8-5-11(17(26)20-12(8)7-10)18(27)21-13-6-9-2-4-14(24)16(25)15(9)22-19(13)28/h1-7,23-25H,(H,20,26)(H,21,27)(H,22,28). The molecule has 0 bridgehead atoms. The molecule has 0 saturated heterocycles. The second-order valence-corrected chi connectivity index (χ2v) is 6.15. The number of rotatable bonds is 2. The highest BCUT2D eigenvalue weighted by molar-refractivity contribution is 6.06. The number of aromatic nitrogens is 2. The van der Waals surface area contributed by atoms with Crippen molar-refractivity contribution >= 4 is 33.4 Å². The zero-order valence-electron chi connectivity index (χ0n) is 14.1. The number of pyridine rings is 2. The van der Waals surface area contributed by atoms with Gasteiger partial charge in [0.2, 0.25) is 0 Å². The summed E-state index contributed by atoms with van der Waals surface area (Å²) in [5, 5.41) is 32.1. The van der Waals surface area contributed by atoms with Gasteiger partial charge in [-0.2, -0.15) is 0 Å². The fourth-order valence-corrected chi connectivity index (χ4v) is 2.89. The van der Waals surface area contributed by atoms with Crippen LogP contribution in [0.2, 0.25) is 0 Å². The zero-order chi connectivity index (χ0) is 20.0. The maximum absolute atomic E-state index is 12.5. The molecule has 0 aliphatic rings. The lowest BCUT2D eigenvalue weighted by Crippen LogP contribution is -2.26. The monoisotopic (exact) mass is 379 g/mol. The first-order valence-corrected chi connectivity index (χ1v) is 8.09. The van der Waals surface area contributed by atoms with Crippen molar-refractivity contribution in [1.82, 2.24) is 9.97 Å². The van der Waals surface area contributed by atoms with E-state index in [0.717, 1.165) is 0 Å². The molecule has 0 spiro atoms. The number of phenols is 3. The molecule has 0 aliphatic carbocycles. The van der Waals surface area contributed by atoms with E-state index in [4.69, 9.17) is 0 Å². The third-order valence-corrected chi connectivity index (χ3v) is 4.29. The molecular formula is C19H13N3O6. The summed E-state index contributed by atoms with van der Waals surface area (Å²) in [7, 11) is 0. The molecule has 0 fully saturated rings. The number of amides is 1. The Labute approximate surface area is 155 Å². The third kappa shape index (κ3) is 2.80. The number of aromatic hydroxyl groups is 3. The fourth-order valence-electron chi connectivity index (χ4n) is 2.89. The van der Waals surface area contributed by atoms with Gasteiger partial charge in [-0.1, -0.05) is 0 Å². The van der Waals surface area contributed by atoms with Gasteiger partial charge >= 0.3 is 0 Å². The van der Waals surface area contributed by atoms with E-state index in [9.17, 15) is 29.7 Å². The summed E-state index contributed by atoms with van der Waals surface area (Å²) in [6.45, 7) is 0. The molecule has 0 atom stereocenters. The van der Waals surface area contributed by atoms with E-state index in [-0.39, 0.29) is 22.5 Å². The Morgan fingerprint density at radius 3 is 2.39 bits per heavy atom. The van der Waals surface area contributed by atoms with Gasteiger partial charge in [0.05, 0.1) is 11.0 Å². The number of hydrogen-bond donors (Lipinski definition) is 6. The van der Waals surface area contributed by atoms with E-state index in [1.807, 2.05) is 0 Å². The Hall–Kier alpha value is -4.27. The smallest absolute Gasteiger partial charge is 0.272 e. The van der Waals surface area contributed by atoms with Crippen LogP contribution in [0.5, 0.6) is 17.2 Å². The predicted octanol–water partition coefficient (Wildman–Crippen LogP) is 1.74. The van der Waals surface area contributed by atoms with Gasteiger partial charge in [0.15, 0.2) is 11.5 Å². The van der Waals surface area contributed by atoms with Crippen LogP contribution in [0, 0.1) is 0 Å². The minimum absolute atomic E-state index is 0.0198. The first-order valence-electron chi connectivity index (χ1n) is 8.09. The molecule has 6 N–H and O–H groups in total. The van der Waals surface area contributed by atoms with Crippen molar-refractivity contribution in [2.24, 2.45) is 0 Å². The molecule has 4 aromatic rings. The number of phenolic OH excluding ortho intramolecular Hbond substituents is 3. The Kier molecular flexibility index (Phi) is 3.78. The lowest BCUT2D eigenvalue weighted by Gasteiger charge is -2.08. The molecule has 9 heteroatoms. The number of nitrogens with one attached hydrogen (secondary N) is 3. The van der Waals surface area contributed by atoms with Crippen molar-refractivity contribution in [1.29, 1.82) is 0 Å². The highest BCUT2D eigenvalue weighted by atomic mass is 16.3. The van der Waals surface area contributed by atoms with E-state index in [1.54, 1.807) is 0 Å². The van der Waals surface area contributed by atoms with Crippen LogP contribution in [-0.4, -0.2) is 31.2 Å². The van der Waals surface area contributed by atoms with Crippen LogP contribution in [0.1, 0.15) is 10.4 Å². The summed E-state index contributed by atoms with van der Waals surface area (Å²) >= 11 is 0. The number of anilines is 1. The molecule has 0 radical (unpaired) electrons. The van der Waals surface area contributed by atoms with Crippen molar-refractivity contribution in [3.8, 4) is 17.2 Å². The molecule has 9 nitrogen and oxygen atoms in total. The number of benzene rings is 2. The summed E-state index contributed by atoms with van der Waals surface area (Å²) in [5.41, 5.74) is -1.37. The Balaban J connectivity index is 1.75. The summed E-state index contributed by atoms with van der Waals surface area (Å²) < 4.78 is 0. The molecule has 2 aromatic heterocycles. The van der Waals surface area contributed by atoms with Crippen LogP contribution < -0.4 is 16.4 Å². The van der Waals surface area contributed by atoms with Gasteiger partial charge in [-0.05, 0) is 41.8 Å². The predicted molar refractivity (Wildman–Crippen MR) is 102 cm³/mol. The Morgan fingerprint density at radius 1 is 0.857 bits per heavy atom. The molecule has 0 unspecified atom stereocenters. The number of carbonyl (C=O) groups is 1. The molecule has 2 aromatic carbocycles. The highest BCUT2D eigenvalue weighted by Gasteiger charge is 2.16. The van der Waals surface area contributed by atoms with Crippen molar-refractivity contribution in [3.63, 3.8) is 0 Å². The van der Waals surface area contributed by atoms with Crippen LogP contribution >= 0.6 is 0 Å². The highest BCUT2D eigenvalue weighted by Crippen LogP contribution is 2.31. The van der Waals surface area contributed by atoms with Gasteiger partial charge in [-0.15, -0.1) is 0 Å². The second kappa shape index (κ2) is 6.16. The number of aromatic amines is 2. The minimum atomic E-state index is -0.802. The van der Waals surface area contributed by atoms with Gasteiger partial charge in [-0.3, -0.25) is 14.4 Å². The SMILES string of the molecule is O=C(Nc1cc2ccc(O)c(O)c2[nH]c1=O)c1cc2ccc(O)cc2[nH]c1=O. The van der Waals surface area contributed by atoms with Crippen molar-refractivity contribution in [2.75, 3.05) is 5.32 Å². The van der Waals surface area contributed by atoms with Gasteiger partial charge in [0.1, 0.15) is 17.0 Å². The topological polar surface area (TPSA) is 156 Å². The van der Waals surface area contributed by atoms with E-state index < -0.39 is 28.5 Å². The lowest BCUT2D eigenvalue weighted by atomic mass is 10.1. The molecule has 28 heavy (non-hydrogen) atoms. The maximum atomic E-state index is 12.5. The minimum Gasteiger partial charge on any atom is -0.508 e. The average Bonchev–Trinajstić information content (AvgIpc) is 2.65. The summed E-state index contributed by atoms with van der Waals surface area (Å²) in [5.74, 6) is -1.71. The molecule has 0 saturated carbocycles. The number of hydrogen-bond acceptors (Lipinski definition) is 6. The number of H-pyrrole nitrogens is 2. The molecule has 4 rings (SSSR count). The second-order valence-electron chi connectivity index (χ2n) is 6.15. The fraction of sp³-hybridized carbons (Fsp3) is 0. The molecular weight excluding hydrogens is 366 g/mol. The quantitative estimate of drug-likeness (QED) is 0.291. The van der Waals surface area contributed by atoms with Crippen LogP contribution in [0.15, 0.2) is 52.1 Å². The van der Waals surface area contributed by atoms with Crippen LogP contribution in [0.3, 0.4) is 0 Å². The molecule has 0 aliphatic heterocycles. The Bertz CT molecular complexity index is 1390. The average molecular weight is 379 g/mol. The van der Waals surface area contributed by atoms with Crippen molar-refractivity contribution in [3.05, 3.63) is 68.7 Å². The van der Waals surface area contributed by atoms with Crippen LogP contribution in [-0.2, 0) is 0 Å². The largest absolute Gasteiger partial charge is 0.508 e.